The highest BCUT2D eigenvalue weighted by atomic mass is 32.2. The molecule has 1 aromatic heterocycles. The Balaban J connectivity index is 1.61. The smallest absolute Gasteiger partial charge is 0.338 e. The van der Waals surface area contributed by atoms with Gasteiger partial charge in [-0.25, -0.2) is 13.2 Å². The Morgan fingerprint density at radius 1 is 1.36 bits per heavy atom. The van der Waals surface area contributed by atoms with E-state index in [9.17, 15) is 18.0 Å². The van der Waals surface area contributed by atoms with Crippen LogP contribution in [0.4, 0.5) is 5.69 Å². The molecule has 0 aliphatic carbocycles. The summed E-state index contributed by atoms with van der Waals surface area (Å²) in [5, 5.41) is 2.68. The number of ether oxygens (including phenoxy) is 1. The molecule has 2 heterocycles. The molecule has 0 saturated heterocycles. The first-order valence-electron chi connectivity index (χ1n) is 8.79. The lowest BCUT2D eigenvalue weighted by molar-refractivity contribution is -0.125. The number of nitrogens with zero attached hydrogens (tertiary/aromatic N) is 1. The molecular weight excluding hydrogens is 384 g/mol. The van der Waals surface area contributed by atoms with Gasteiger partial charge in [0.25, 0.3) is 5.91 Å². The molecule has 1 N–H and O–H groups in total. The quantitative estimate of drug-likeness (QED) is 0.736. The van der Waals surface area contributed by atoms with Crippen LogP contribution in [0.3, 0.4) is 0 Å². The molecule has 0 saturated carbocycles. The van der Waals surface area contributed by atoms with Crippen LogP contribution in [-0.2, 0) is 26.0 Å². The predicted molar refractivity (Wildman–Crippen MR) is 102 cm³/mol. The van der Waals surface area contributed by atoms with Gasteiger partial charge in [0.15, 0.2) is 6.61 Å². The number of hydrogen-bond donors (Lipinski definition) is 1. The van der Waals surface area contributed by atoms with E-state index in [-0.39, 0.29) is 17.6 Å². The van der Waals surface area contributed by atoms with Crippen LogP contribution in [0.2, 0.25) is 0 Å². The number of furan rings is 1. The summed E-state index contributed by atoms with van der Waals surface area (Å²) in [7, 11) is -3.39. The molecular formula is C19H22N2O6S. The number of carbonyl (C=O) groups is 2. The normalized spacial score (nSPS) is 17.1. The first-order chi connectivity index (χ1) is 13.2. The third-order valence-electron chi connectivity index (χ3n) is 4.51. The Hall–Kier alpha value is -2.81. The van der Waals surface area contributed by atoms with Crippen molar-refractivity contribution in [2.24, 2.45) is 0 Å². The molecule has 1 amide bonds. The van der Waals surface area contributed by atoms with Gasteiger partial charge in [-0.3, -0.25) is 9.10 Å². The standard InChI is InChI=1S/C19H22N2O6S/c1-12-9-15-10-14(6-7-16(15)21(12)28(3,24)25)19(23)27-11-18(22)20-13(2)17-5-4-8-26-17/h4-8,10,12-13H,9,11H2,1-3H3,(H,20,22)/t12-,13-/m0/s1. The summed E-state index contributed by atoms with van der Waals surface area (Å²) >= 11 is 0. The largest absolute Gasteiger partial charge is 0.467 e. The summed E-state index contributed by atoms with van der Waals surface area (Å²) in [5.41, 5.74) is 1.59. The van der Waals surface area contributed by atoms with E-state index < -0.39 is 28.5 Å². The summed E-state index contributed by atoms with van der Waals surface area (Å²) in [6.07, 6.45) is 3.17. The number of anilines is 1. The van der Waals surface area contributed by atoms with Gasteiger partial charge in [-0.05, 0) is 56.2 Å². The van der Waals surface area contributed by atoms with Crippen molar-refractivity contribution in [2.45, 2.75) is 32.4 Å². The number of benzene rings is 1. The fourth-order valence-electron chi connectivity index (χ4n) is 3.34. The van der Waals surface area contributed by atoms with Crippen LogP contribution in [0, 0.1) is 0 Å². The summed E-state index contributed by atoms with van der Waals surface area (Å²) in [5.74, 6) is -0.493. The van der Waals surface area contributed by atoms with Gasteiger partial charge in [0.1, 0.15) is 5.76 Å². The molecule has 2 atom stereocenters. The molecule has 0 fully saturated rings. The van der Waals surface area contributed by atoms with Gasteiger partial charge in [-0.15, -0.1) is 0 Å². The highest BCUT2D eigenvalue weighted by molar-refractivity contribution is 7.92. The van der Waals surface area contributed by atoms with E-state index in [0.29, 0.717) is 17.9 Å². The molecule has 8 nitrogen and oxygen atoms in total. The Labute approximate surface area is 163 Å². The lowest BCUT2D eigenvalue weighted by Gasteiger charge is -2.21. The van der Waals surface area contributed by atoms with Gasteiger partial charge in [0.05, 0.1) is 29.8 Å². The van der Waals surface area contributed by atoms with Gasteiger partial charge in [0, 0.05) is 6.04 Å². The van der Waals surface area contributed by atoms with Crippen LogP contribution in [0.25, 0.3) is 0 Å². The highest BCUT2D eigenvalue weighted by Crippen LogP contribution is 2.34. The minimum absolute atomic E-state index is 0.217. The predicted octanol–water partition coefficient (Wildman–Crippen LogP) is 2.02. The van der Waals surface area contributed by atoms with Crippen molar-refractivity contribution in [2.75, 3.05) is 17.2 Å². The summed E-state index contributed by atoms with van der Waals surface area (Å²) in [6.45, 7) is 3.14. The van der Waals surface area contributed by atoms with E-state index in [2.05, 4.69) is 5.32 Å². The van der Waals surface area contributed by atoms with Crippen molar-refractivity contribution in [3.63, 3.8) is 0 Å². The molecule has 1 aliphatic rings. The molecule has 9 heteroatoms. The van der Waals surface area contributed by atoms with Gasteiger partial charge in [-0.1, -0.05) is 0 Å². The van der Waals surface area contributed by atoms with E-state index in [1.54, 1.807) is 31.2 Å². The molecule has 1 aliphatic heterocycles. The first-order valence-corrected chi connectivity index (χ1v) is 10.6. The Kier molecular flexibility index (Phi) is 5.46. The number of carbonyl (C=O) groups excluding carboxylic acids is 2. The van der Waals surface area contributed by atoms with Crippen LogP contribution in [-0.4, -0.2) is 39.2 Å². The van der Waals surface area contributed by atoms with Crippen LogP contribution < -0.4 is 9.62 Å². The first kappa shape index (κ1) is 19.9. The van der Waals surface area contributed by atoms with E-state index in [1.807, 2.05) is 6.92 Å². The maximum atomic E-state index is 12.3. The molecule has 3 rings (SSSR count). The third kappa shape index (κ3) is 4.19. The summed E-state index contributed by atoms with van der Waals surface area (Å²) < 4.78 is 35.5. The molecule has 2 aromatic rings. The van der Waals surface area contributed by atoms with E-state index in [1.165, 1.54) is 16.6 Å². The highest BCUT2D eigenvalue weighted by Gasteiger charge is 2.33. The molecule has 0 radical (unpaired) electrons. The third-order valence-corrected chi connectivity index (χ3v) is 5.78. The van der Waals surface area contributed by atoms with Crippen LogP contribution in [0.15, 0.2) is 41.0 Å². The van der Waals surface area contributed by atoms with Crippen molar-refractivity contribution in [3.8, 4) is 0 Å². The van der Waals surface area contributed by atoms with E-state index in [4.69, 9.17) is 9.15 Å². The maximum absolute atomic E-state index is 12.3. The lowest BCUT2D eigenvalue weighted by Crippen LogP contribution is -2.34. The minimum Gasteiger partial charge on any atom is -0.467 e. The molecule has 0 spiro atoms. The monoisotopic (exact) mass is 406 g/mol. The molecule has 1 aromatic carbocycles. The Morgan fingerprint density at radius 2 is 2.11 bits per heavy atom. The number of nitrogens with one attached hydrogen (secondary N) is 1. The van der Waals surface area contributed by atoms with E-state index in [0.717, 1.165) is 11.8 Å². The average Bonchev–Trinajstić information content (AvgIpc) is 3.25. The van der Waals surface area contributed by atoms with Crippen molar-refractivity contribution < 1.29 is 27.2 Å². The minimum atomic E-state index is -3.39. The molecule has 0 bridgehead atoms. The van der Waals surface area contributed by atoms with Crippen molar-refractivity contribution in [1.29, 1.82) is 0 Å². The van der Waals surface area contributed by atoms with Crippen LogP contribution >= 0.6 is 0 Å². The van der Waals surface area contributed by atoms with Gasteiger partial charge in [0.2, 0.25) is 10.0 Å². The number of rotatable bonds is 6. The number of amides is 1. The van der Waals surface area contributed by atoms with Crippen LogP contribution in [0.1, 0.15) is 41.6 Å². The Morgan fingerprint density at radius 3 is 2.75 bits per heavy atom. The van der Waals surface area contributed by atoms with Gasteiger partial charge in [-0.2, -0.15) is 0 Å². The van der Waals surface area contributed by atoms with E-state index >= 15 is 0 Å². The second kappa shape index (κ2) is 7.67. The zero-order valence-electron chi connectivity index (χ0n) is 15.8. The zero-order chi connectivity index (χ0) is 20.5. The van der Waals surface area contributed by atoms with Crippen molar-refractivity contribution >= 4 is 27.6 Å². The van der Waals surface area contributed by atoms with Crippen LogP contribution in [0.5, 0.6) is 0 Å². The van der Waals surface area contributed by atoms with Gasteiger partial charge >= 0.3 is 5.97 Å². The fourth-order valence-corrected chi connectivity index (χ4v) is 4.61. The summed E-state index contributed by atoms with van der Waals surface area (Å²) in [6, 6.07) is 7.61. The lowest BCUT2D eigenvalue weighted by atomic mass is 10.1. The molecule has 28 heavy (non-hydrogen) atoms. The van der Waals surface area contributed by atoms with Crippen molar-refractivity contribution in [3.05, 3.63) is 53.5 Å². The summed E-state index contributed by atoms with van der Waals surface area (Å²) in [4.78, 5) is 24.2. The Bertz CT molecular complexity index is 984. The average molecular weight is 406 g/mol. The topological polar surface area (TPSA) is 106 Å². The van der Waals surface area contributed by atoms with Crippen molar-refractivity contribution in [1.82, 2.24) is 5.32 Å². The molecule has 150 valence electrons. The number of fused-ring (bicyclic) bond motifs is 1. The second-order valence-corrected chi connectivity index (χ2v) is 8.70. The fraction of sp³-hybridized carbons (Fsp3) is 0.368. The van der Waals surface area contributed by atoms with Gasteiger partial charge < -0.3 is 14.5 Å². The number of esters is 1. The SMILES string of the molecule is C[C@H](NC(=O)COC(=O)c1ccc2c(c1)C[C@H](C)N2S(C)(=O)=O)c1ccco1. The maximum Gasteiger partial charge on any atom is 0.338 e. The second-order valence-electron chi connectivity index (χ2n) is 6.84. The number of hydrogen-bond acceptors (Lipinski definition) is 6. The zero-order valence-corrected chi connectivity index (χ0v) is 16.7. The number of sulfonamides is 1. The molecule has 0 unspecified atom stereocenters.